The highest BCUT2D eigenvalue weighted by molar-refractivity contribution is 5.66. The molecule has 88 valence electrons. The van der Waals surface area contributed by atoms with E-state index < -0.39 is 0 Å². The van der Waals surface area contributed by atoms with Crippen molar-refractivity contribution in [1.82, 2.24) is 5.32 Å². The van der Waals surface area contributed by atoms with Gasteiger partial charge in [0.1, 0.15) is 11.4 Å². The maximum Gasteiger partial charge on any atom is 0.231 e. The standard InChI is InChI=1S/C13H13NO3/c1-2-13(3-4-14-7-13)17-10-6-12-11(5-9(1)10)15-8-16-12/h1-2,5-6,14H,3-4,7-8H2/t13-/m0/s1. The molecule has 0 aromatic heterocycles. The molecule has 3 heterocycles. The van der Waals surface area contributed by atoms with Gasteiger partial charge in [-0.05, 0) is 18.7 Å². The number of nitrogens with one attached hydrogen (secondary N) is 1. The van der Waals surface area contributed by atoms with Gasteiger partial charge >= 0.3 is 0 Å². The van der Waals surface area contributed by atoms with Gasteiger partial charge in [-0.3, -0.25) is 0 Å². The average molecular weight is 231 g/mol. The van der Waals surface area contributed by atoms with Crippen molar-refractivity contribution in [3.8, 4) is 17.2 Å². The molecule has 1 spiro atoms. The Hall–Kier alpha value is -1.68. The van der Waals surface area contributed by atoms with Gasteiger partial charge in [0, 0.05) is 24.6 Å². The Morgan fingerprint density at radius 2 is 2.00 bits per heavy atom. The normalized spacial score (nSPS) is 28.2. The number of hydrogen-bond donors (Lipinski definition) is 1. The first-order valence-corrected chi connectivity index (χ1v) is 5.87. The zero-order valence-corrected chi connectivity index (χ0v) is 9.36. The third-order valence-corrected chi connectivity index (χ3v) is 3.53. The molecule has 4 heteroatoms. The fourth-order valence-electron chi connectivity index (χ4n) is 2.57. The first-order valence-electron chi connectivity index (χ1n) is 5.87. The summed E-state index contributed by atoms with van der Waals surface area (Å²) in [5, 5.41) is 3.33. The molecule has 1 fully saturated rings. The molecule has 4 nitrogen and oxygen atoms in total. The molecule has 1 aromatic rings. The number of fused-ring (bicyclic) bond motifs is 2. The highest BCUT2D eigenvalue weighted by Crippen LogP contribution is 2.42. The summed E-state index contributed by atoms with van der Waals surface area (Å²) < 4.78 is 16.9. The molecule has 1 N–H and O–H groups in total. The predicted molar refractivity (Wildman–Crippen MR) is 62.4 cm³/mol. The topological polar surface area (TPSA) is 39.7 Å². The van der Waals surface area contributed by atoms with Crippen LogP contribution in [0.4, 0.5) is 0 Å². The summed E-state index contributed by atoms with van der Waals surface area (Å²) in [5.74, 6) is 2.47. The molecule has 1 saturated heterocycles. The molecular formula is C13H13NO3. The van der Waals surface area contributed by atoms with Crippen LogP contribution in [-0.4, -0.2) is 25.5 Å². The second-order valence-electron chi connectivity index (χ2n) is 4.67. The Morgan fingerprint density at radius 3 is 2.82 bits per heavy atom. The maximum absolute atomic E-state index is 6.12. The summed E-state index contributed by atoms with van der Waals surface area (Å²) in [4.78, 5) is 0. The fraction of sp³-hybridized carbons (Fsp3) is 0.385. The molecule has 0 amide bonds. The Kier molecular flexibility index (Phi) is 1.74. The van der Waals surface area contributed by atoms with Crippen LogP contribution in [0.2, 0.25) is 0 Å². The number of hydrogen-bond acceptors (Lipinski definition) is 4. The zero-order chi connectivity index (χ0) is 11.3. The van der Waals surface area contributed by atoms with E-state index in [1.807, 2.05) is 12.1 Å². The average Bonchev–Trinajstić information content (AvgIpc) is 2.95. The van der Waals surface area contributed by atoms with Crippen LogP contribution in [0.3, 0.4) is 0 Å². The second kappa shape index (κ2) is 3.17. The SMILES string of the molecule is C1=C[C@@]2(CCNC2)Oc2cc3c(cc21)OCO3. The highest BCUT2D eigenvalue weighted by atomic mass is 16.7. The van der Waals surface area contributed by atoms with E-state index in [0.29, 0.717) is 6.79 Å². The van der Waals surface area contributed by atoms with Crippen LogP contribution >= 0.6 is 0 Å². The quantitative estimate of drug-likeness (QED) is 0.735. The van der Waals surface area contributed by atoms with Gasteiger partial charge in [0.25, 0.3) is 0 Å². The van der Waals surface area contributed by atoms with Crippen molar-refractivity contribution in [2.24, 2.45) is 0 Å². The van der Waals surface area contributed by atoms with Crippen LogP contribution in [0.25, 0.3) is 6.08 Å². The number of ether oxygens (including phenoxy) is 3. The van der Waals surface area contributed by atoms with E-state index in [-0.39, 0.29) is 5.60 Å². The third kappa shape index (κ3) is 1.34. The van der Waals surface area contributed by atoms with Crippen molar-refractivity contribution in [2.45, 2.75) is 12.0 Å². The van der Waals surface area contributed by atoms with E-state index >= 15 is 0 Å². The molecule has 0 radical (unpaired) electrons. The van der Waals surface area contributed by atoms with Crippen LogP contribution in [0, 0.1) is 0 Å². The van der Waals surface area contributed by atoms with Crippen molar-refractivity contribution in [1.29, 1.82) is 0 Å². The Labute approximate surface area is 99.2 Å². The van der Waals surface area contributed by atoms with E-state index in [2.05, 4.69) is 17.5 Å². The van der Waals surface area contributed by atoms with Gasteiger partial charge in [-0.1, -0.05) is 6.08 Å². The second-order valence-corrected chi connectivity index (χ2v) is 4.67. The van der Waals surface area contributed by atoms with E-state index in [0.717, 1.165) is 42.3 Å². The number of rotatable bonds is 0. The van der Waals surface area contributed by atoms with Crippen LogP contribution in [-0.2, 0) is 0 Å². The van der Waals surface area contributed by atoms with Crippen molar-refractivity contribution < 1.29 is 14.2 Å². The van der Waals surface area contributed by atoms with Gasteiger partial charge in [0.2, 0.25) is 6.79 Å². The Balaban J connectivity index is 1.77. The van der Waals surface area contributed by atoms with E-state index in [4.69, 9.17) is 14.2 Å². The molecule has 0 unspecified atom stereocenters. The molecule has 4 rings (SSSR count). The highest BCUT2D eigenvalue weighted by Gasteiger charge is 2.36. The lowest BCUT2D eigenvalue weighted by molar-refractivity contribution is 0.138. The summed E-state index contributed by atoms with van der Waals surface area (Å²) in [7, 11) is 0. The van der Waals surface area contributed by atoms with Crippen molar-refractivity contribution in [3.05, 3.63) is 23.8 Å². The molecule has 1 aromatic carbocycles. The van der Waals surface area contributed by atoms with Gasteiger partial charge in [-0.2, -0.15) is 0 Å². The lowest BCUT2D eigenvalue weighted by Gasteiger charge is -2.30. The van der Waals surface area contributed by atoms with Gasteiger partial charge in [0.05, 0.1) is 0 Å². The minimum Gasteiger partial charge on any atom is -0.481 e. The minimum atomic E-state index is -0.166. The lowest BCUT2D eigenvalue weighted by Crippen LogP contribution is -2.37. The van der Waals surface area contributed by atoms with Crippen LogP contribution in [0.5, 0.6) is 17.2 Å². The van der Waals surface area contributed by atoms with E-state index in [1.165, 1.54) is 0 Å². The largest absolute Gasteiger partial charge is 0.481 e. The van der Waals surface area contributed by atoms with Crippen LogP contribution in [0.1, 0.15) is 12.0 Å². The predicted octanol–water partition coefficient (Wildman–Crippen LogP) is 1.55. The summed E-state index contributed by atoms with van der Waals surface area (Å²) in [5.41, 5.74) is 0.896. The third-order valence-electron chi connectivity index (χ3n) is 3.53. The van der Waals surface area contributed by atoms with Gasteiger partial charge in [0.15, 0.2) is 11.5 Å². The minimum absolute atomic E-state index is 0.166. The van der Waals surface area contributed by atoms with Gasteiger partial charge in [-0.25, -0.2) is 0 Å². The summed E-state index contributed by atoms with van der Waals surface area (Å²) in [6, 6.07) is 3.91. The monoisotopic (exact) mass is 231 g/mol. The van der Waals surface area contributed by atoms with E-state index in [1.54, 1.807) is 0 Å². The van der Waals surface area contributed by atoms with Gasteiger partial charge < -0.3 is 19.5 Å². The molecule has 3 aliphatic heterocycles. The van der Waals surface area contributed by atoms with Crippen LogP contribution in [0.15, 0.2) is 18.2 Å². The molecule has 3 aliphatic rings. The van der Waals surface area contributed by atoms with Gasteiger partial charge in [-0.15, -0.1) is 0 Å². The Morgan fingerprint density at radius 1 is 1.12 bits per heavy atom. The first kappa shape index (κ1) is 9.36. The lowest BCUT2D eigenvalue weighted by atomic mass is 9.97. The number of benzene rings is 1. The van der Waals surface area contributed by atoms with Crippen molar-refractivity contribution in [3.63, 3.8) is 0 Å². The zero-order valence-electron chi connectivity index (χ0n) is 9.36. The Bertz CT molecular complexity index is 504. The molecule has 17 heavy (non-hydrogen) atoms. The fourth-order valence-corrected chi connectivity index (χ4v) is 2.57. The maximum atomic E-state index is 6.12. The summed E-state index contributed by atoms with van der Waals surface area (Å²) >= 11 is 0. The van der Waals surface area contributed by atoms with Crippen molar-refractivity contribution in [2.75, 3.05) is 19.9 Å². The first-order chi connectivity index (χ1) is 8.35. The van der Waals surface area contributed by atoms with Crippen molar-refractivity contribution >= 4 is 6.08 Å². The molecule has 0 aliphatic carbocycles. The molecule has 0 saturated carbocycles. The summed E-state index contributed by atoms with van der Waals surface area (Å²) in [6.07, 6.45) is 5.28. The molecule has 0 bridgehead atoms. The van der Waals surface area contributed by atoms with Crippen LogP contribution < -0.4 is 19.5 Å². The van der Waals surface area contributed by atoms with E-state index in [9.17, 15) is 0 Å². The molecule has 1 atom stereocenters. The smallest absolute Gasteiger partial charge is 0.231 e. The summed E-state index contributed by atoms with van der Waals surface area (Å²) in [6.45, 7) is 2.18. The molecular weight excluding hydrogens is 218 g/mol.